The molecule has 1 N–H and O–H groups in total. The summed E-state index contributed by atoms with van der Waals surface area (Å²) in [6.07, 6.45) is 3.00. The zero-order valence-electron chi connectivity index (χ0n) is 11.1. The number of aromatic carboxylic acids is 1. The molecule has 6 heteroatoms. The number of carbonyl (C=O) groups is 3. The highest BCUT2D eigenvalue weighted by atomic mass is 16.4. The Bertz CT molecular complexity index is 1000. The summed E-state index contributed by atoms with van der Waals surface area (Å²) in [5.74, 6) is -2.17. The van der Waals surface area contributed by atoms with Crippen LogP contribution in [0.1, 0.15) is 42.5 Å². The third-order valence-corrected chi connectivity index (χ3v) is 3.77. The minimum absolute atomic E-state index is 0.0557. The molecule has 22 heavy (non-hydrogen) atoms. The summed E-state index contributed by atoms with van der Waals surface area (Å²) in [6, 6.07) is 7.93. The molecule has 0 fully saturated rings. The van der Waals surface area contributed by atoms with Gasteiger partial charge in [0.15, 0.2) is 5.78 Å². The van der Waals surface area contributed by atoms with E-state index in [4.69, 9.17) is 0 Å². The largest absolute Gasteiger partial charge is 0.478 e. The molecule has 1 aliphatic rings. The van der Waals surface area contributed by atoms with E-state index < -0.39 is 17.5 Å². The number of hydrogen-bond donors (Lipinski definition) is 1. The summed E-state index contributed by atoms with van der Waals surface area (Å²) < 4.78 is 1.44. The predicted molar refractivity (Wildman–Crippen MR) is 75.5 cm³/mol. The number of rotatable bonds is 1. The zero-order chi connectivity index (χ0) is 15.4. The quantitative estimate of drug-likeness (QED) is 0.578. The highest BCUT2D eigenvalue weighted by Crippen LogP contribution is 2.32. The van der Waals surface area contributed by atoms with Crippen LogP contribution in [0.5, 0.6) is 0 Å². The van der Waals surface area contributed by atoms with Gasteiger partial charge in [0.05, 0.1) is 22.2 Å². The van der Waals surface area contributed by atoms with Crippen LogP contribution in [0, 0.1) is 0 Å². The fourth-order valence-corrected chi connectivity index (χ4v) is 2.89. The lowest BCUT2D eigenvalue weighted by molar-refractivity contribution is 0.0695. The SMILES string of the molecule is O=C1c2cccnc2C(=O)c2c1c(C(=O)O)c1ccccn21. The first kappa shape index (κ1) is 12.5. The third kappa shape index (κ3) is 1.38. The van der Waals surface area contributed by atoms with Crippen LogP contribution in [0.25, 0.3) is 5.52 Å². The molecule has 0 bridgehead atoms. The molecule has 6 nitrogen and oxygen atoms in total. The first-order valence-electron chi connectivity index (χ1n) is 6.52. The average molecular weight is 292 g/mol. The molecule has 3 aromatic rings. The molecule has 4 rings (SSSR count). The molecule has 0 atom stereocenters. The molecular formula is C16H8N2O4. The number of hydrogen-bond acceptors (Lipinski definition) is 4. The fraction of sp³-hybridized carbons (Fsp3) is 0. The first-order valence-corrected chi connectivity index (χ1v) is 6.52. The van der Waals surface area contributed by atoms with Crippen LogP contribution < -0.4 is 0 Å². The second-order valence-corrected chi connectivity index (χ2v) is 4.92. The van der Waals surface area contributed by atoms with E-state index in [9.17, 15) is 19.5 Å². The van der Waals surface area contributed by atoms with Gasteiger partial charge in [-0.15, -0.1) is 0 Å². The van der Waals surface area contributed by atoms with Crippen molar-refractivity contribution >= 4 is 23.1 Å². The van der Waals surface area contributed by atoms with Crippen LogP contribution in [0.2, 0.25) is 0 Å². The van der Waals surface area contributed by atoms with Gasteiger partial charge in [0.1, 0.15) is 11.4 Å². The van der Waals surface area contributed by atoms with Gasteiger partial charge in [-0.2, -0.15) is 0 Å². The van der Waals surface area contributed by atoms with Gasteiger partial charge in [0.25, 0.3) is 0 Å². The third-order valence-electron chi connectivity index (χ3n) is 3.77. The number of carboxylic acids is 1. The van der Waals surface area contributed by atoms with Gasteiger partial charge in [-0.25, -0.2) is 4.79 Å². The topological polar surface area (TPSA) is 88.7 Å². The van der Waals surface area contributed by atoms with Gasteiger partial charge in [0, 0.05) is 12.4 Å². The number of carbonyl (C=O) groups excluding carboxylic acids is 2. The molecule has 0 amide bonds. The maximum absolute atomic E-state index is 12.7. The zero-order valence-corrected chi connectivity index (χ0v) is 11.1. The predicted octanol–water partition coefficient (Wildman–Crippen LogP) is 1.81. The Hall–Kier alpha value is -3.28. The monoisotopic (exact) mass is 292 g/mol. The lowest BCUT2D eigenvalue weighted by atomic mass is 9.89. The van der Waals surface area contributed by atoms with Crippen LogP contribution in [0.4, 0.5) is 0 Å². The van der Waals surface area contributed by atoms with Crippen molar-refractivity contribution in [3.05, 3.63) is 70.8 Å². The Morgan fingerprint density at radius 3 is 2.68 bits per heavy atom. The summed E-state index contributed by atoms with van der Waals surface area (Å²) in [6.45, 7) is 0. The van der Waals surface area contributed by atoms with E-state index >= 15 is 0 Å². The summed E-state index contributed by atoms with van der Waals surface area (Å²) in [5, 5.41) is 9.49. The van der Waals surface area contributed by atoms with Gasteiger partial charge in [0.2, 0.25) is 5.78 Å². The van der Waals surface area contributed by atoms with E-state index in [0.29, 0.717) is 5.52 Å². The molecule has 1 aliphatic carbocycles. The fourth-order valence-electron chi connectivity index (χ4n) is 2.89. The molecule has 0 aliphatic heterocycles. The van der Waals surface area contributed by atoms with Gasteiger partial charge >= 0.3 is 5.97 Å². The minimum atomic E-state index is -1.24. The molecule has 3 aromatic heterocycles. The Morgan fingerprint density at radius 2 is 1.91 bits per heavy atom. The average Bonchev–Trinajstić information content (AvgIpc) is 2.88. The molecule has 0 aromatic carbocycles. The molecule has 0 saturated heterocycles. The molecule has 0 spiro atoms. The Kier molecular flexibility index (Phi) is 2.33. The smallest absolute Gasteiger partial charge is 0.338 e. The van der Waals surface area contributed by atoms with Crippen molar-refractivity contribution in [1.82, 2.24) is 9.38 Å². The Labute approximate surface area is 123 Å². The van der Waals surface area contributed by atoms with Crippen molar-refractivity contribution in [3.63, 3.8) is 0 Å². The number of aromatic nitrogens is 2. The minimum Gasteiger partial charge on any atom is -0.478 e. The normalized spacial score (nSPS) is 13.1. The maximum Gasteiger partial charge on any atom is 0.338 e. The van der Waals surface area contributed by atoms with Gasteiger partial charge in [-0.3, -0.25) is 14.6 Å². The van der Waals surface area contributed by atoms with Crippen LogP contribution in [0.15, 0.2) is 42.7 Å². The van der Waals surface area contributed by atoms with E-state index in [1.807, 2.05) is 0 Å². The summed E-state index contributed by atoms with van der Waals surface area (Å²) >= 11 is 0. The maximum atomic E-state index is 12.7. The number of nitrogens with zero attached hydrogens (tertiary/aromatic N) is 2. The molecule has 0 saturated carbocycles. The standard InChI is InChI=1S/C16H8N2O4/c19-14-8-4-3-6-17-12(8)15(20)13-11(14)10(16(21)22)9-5-1-2-7-18(9)13/h1-7H,(H,21,22). The van der Waals surface area contributed by atoms with Crippen molar-refractivity contribution in [1.29, 1.82) is 0 Å². The van der Waals surface area contributed by atoms with E-state index in [1.165, 1.54) is 16.7 Å². The molecule has 106 valence electrons. The van der Waals surface area contributed by atoms with E-state index in [2.05, 4.69) is 4.98 Å². The number of ketones is 2. The lowest BCUT2D eigenvalue weighted by Crippen LogP contribution is -2.23. The van der Waals surface area contributed by atoms with Gasteiger partial charge in [-0.05, 0) is 24.3 Å². The van der Waals surface area contributed by atoms with Gasteiger partial charge < -0.3 is 9.51 Å². The Balaban J connectivity index is 2.20. The van der Waals surface area contributed by atoms with Crippen molar-refractivity contribution in [2.45, 2.75) is 0 Å². The Morgan fingerprint density at radius 1 is 1.09 bits per heavy atom. The highest BCUT2D eigenvalue weighted by Gasteiger charge is 2.38. The summed E-state index contributed by atoms with van der Waals surface area (Å²) in [4.78, 5) is 41.0. The van der Waals surface area contributed by atoms with Crippen molar-refractivity contribution in [2.24, 2.45) is 0 Å². The first-order chi connectivity index (χ1) is 10.6. The van der Waals surface area contributed by atoms with E-state index in [1.54, 1.807) is 30.5 Å². The molecule has 0 radical (unpaired) electrons. The van der Waals surface area contributed by atoms with Crippen LogP contribution in [-0.2, 0) is 0 Å². The van der Waals surface area contributed by atoms with Crippen molar-refractivity contribution in [3.8, 4) is 0 Å². The van der Waals surface area contributed by atoms with Crippen LogP contribution in [-0.4, -0.2) is 32.0 Å². The van der Waals surface area contributed by atoms with Gasteiger partial charge in [-0.1, -0.05) is 6.07 Å². The van der Waals surface area contributed by atoms with Crippen LogP contribution >= 0.6 is 0 Å². The second kappa shape index (κ2) is 4.11. The number of pyridine rings is 2. The van der Waals surface area contributed by atoms with E-state index in [0.717, 1.165) is 0 Å². The van der Waals surface area contributed by atoms with Crippen molar-refractivity contribution in [2.75, 3.05) is 0 Å². The van der Waals surface area contributed by atoms with E-state index in [-0.39, 0.29) is 28.1 Å². The van der Waals surface area contributed by atoms with Crippen LogP contribution in [0.3, 0.4) is 0 Å². The number of fused-ring (bicyclic) bond motifs is 4. The molecular weight excluding hydrogens is 284 g/mol. The molecule has 0 unspecified atom stereocenters. The summed E-state index contributed by atoms with van der Waals surface area (Å²) in [7, 11) is 0. The lowest BCUT2D eigenvalue weighted by Gasteiger charge is -2.14. The number of carboxylic acid groups (broad SMARTS) is 1. The summed E-state index contributed by atoms with van der Waals surface area (Å²) in [5.41, 5.74) is 0.352. The molecule has 3 heterocycles. The van der Waals surface area contributed by atoms with Crippen molar-refractivity contribution < 1.29 is 19.5 Å². The highest BCUT2D eigenvalue weighted by molar-refractivity contribution is 6.31. The second-order valence-electron chi connectivity index (χ2n) is 4.92.